The highest BCUT2D eigenvalue weighted by Crippen LogP contribution is 2.10. The van der Waals surface area contributed by atoms with E-state index >= 15 is 0 Å². The molecule has 0 radical (unpaired) electrons. The Labute approximate surface area is 98.6 Å². The number of hydrogen-bond acceptors (Lipinski definition) is 4. The first-order valence-corrected chi connectivity index (χ1v) is 6.31. The second-order valence-electron chi connectivity index (χ2n) is 4.15. The Morgan fingerprint density at radius 2 is 1.81 bits per heavy atom. The van der Waals surface area contributed by atoms with Crippen LogP contribution in [0.15, 0.2) is 0 Å². The molecule has 0 bridgehead atoms. The summed E-state index contributed by atoms with van der Waals surface area (Å²) in [5, 5.41) is 3.49. The van der Waals surface area contributed by atoms with Crippen molar-refractivity contribution < 1.29 is 14.2 Å². The molecule has 0 saturated carbocycles. The first-order valence-electron chi connectivity index (χ1n) is 6.31. The van der Waals surface area contributed by atoms with Gasteiger partial charge in [0.15, 0.2) is 0 Å². The summed E-state index contributed by atoms with van der Waals surface area (Å²) in [5.41, 5.74) is 0. The lowest BCUT2D eigenvalue weighted by Crippen LogP contribution is -2.21. The fourth-order valence-electron chi connectivity index (χ4n) is 1.90. The zero-order valence-electron chi connectivity index (χ0n) is 10.4. The minimum absolute atomic E-state index is 0.659. The number of rotatable bonds is 10. The van der Waals surface area contributed by atoms with Crippen molar-refractivity contribution in [3.8, 4) is 0 Å². The molecule has 1 atom stereocenters. The average molecular weight is 231 g/mol. The van der Waals surface area contributed by atoms with Gasteiger partial charge in [-0.25, -0.2) is 0 Å². The van der Waals surface area contributed by atoms with Gasteiger partial charge >= 0.3 is 0 Å². The predicted octanol–water partition coefficient (Wildman–Crippen LogP) is 1.20. The smallest absolute Gasteiger partial charge is 0.0701 e. The first kappa shape index (κ1) is 13.9. The van der Waals surface area contributed by atoms with Crippen molar-refractivity contribution in [2.45, 2.75) is 31.7 Å². The Bertz CT molecular complexity index is 149. The molecule has 1 N–H and O–H groups in total. The topological polar surface area (TPSA) is 39.7 Å². The second kappa shape index (κ2) is 10.0. The number of nitrogens with one attached hydrogen (secondary N) is 1. The first-order chi connectivity index (χ1) is 7.93. The molecular formula is C12H25NO3. The van der Waals surface area contributed by atoms with E-state index in [9.17, 15) is 0 Å². The Kier molecular flexibility index (Phi) is 8.71. The van der Waals surface area contributed by atoms with Gasteiger partial charge in [-0.3, -0.25) is 0 Å². The molecule has 1 heterocycles. The van der Waals surface area contributed by atoms with Gasteiger partial charge in [0.1, 0.15) is 0 Å². The van der Waals surface area contributed by atoms with E-state index in [-0.39, 0.29) is 0 Å². The fourth-order valence-corrected chi connectivity index (χ4v) is 1.90. The van der Waals surface area contributed by atoms with Gasteiger partial charge in [-0.05, 0) is 32.2 Å². The van der Waals surface area contributed by atoms with E-state index in [1.807, 2.05) is 0 Å². The van der Waals surface area contributed by atoms with E-state index in [1.54, 1.807) is 7.11 Å². The van der Waals surface area contributed by atoms with Gasteiger partial charge in [0.2, 0.25) is 0 Å². The molecule has 1 unspecified atom stereocenters. The summed E-state index contributed by atoms with van der Waals surface area (Å²) in [5.74, 6) is 0. The number of hydrogen-bond donors (Lipinski definition) is 1. The van der Waals surface area contributed by atoms with E-state index < -0.39 is 0 Å². The van der Waals surface area contributed by atoms with Crippen molar-refractivity contribution in [3.05, 3.63) is 0 Å². The number of ether oxygens (including phenoxy) is 3. The van der Waals surface area contributed by atoms with Gasteiger partial charge in [-0.1, -0.05) is 0 Å². The van der Waals surface area contributed by atoms with Crippen molar-refractivity contribution >= 4 is 0 Å². The molecule has 1 rings (SSSR count). The zero-order valence-corrected chi connectivity index (χ0v) is 10.4. The van der Waals surface area contributed by atoms with Crippen molar-refractivity contribution in [2.24, 2.45) is 0 Å². The Morgan fingerprint density at radius 3 is 2.50 bits per heavy atom. The predicted molar refractivity (Wildman–Crippen MR) is 63.8 cm³/mol. The number of methoxy groups -OCH3 is 1. The maximum atomic E-state index is 5.48. The van der Waals surface area contributed by atoms with Crippen molar-refractivity contribution in [2.75, 3.05) is 46.7 Å². The molecule has 1 fully saturated rings. The maximum Gasteiger partial charge on any atom is 0.0701 e. The van der Waals surface area contributed by atoms with Crippen LogP contribution in [0.5, 0.6) is 0 Å². The normalized spacial score (nSPS) is 20.4. The molecule has 1 aliphatic heterocycles. The Balaban J connectivity index is 1.71. The van der Waals surface area contributed by atoms with Crippen molar-refractivity contribution in [3.63, 3.8) is 0 Å². The molecule has 96 valence electrons. The highest BCUT2D eigenvalue weighted by molar-refractivity contribution is 4.73. The van der Waals surface area contributed by atoms with Crippen LogP contribution in [0.1, 0.15) is 25.7 Å². The average Bonchev–Trinajstić information content (AvgIpc) is 2.80. The van der Waals surface area contributed by atoms with E-state index in [2.05, 4.69) is 5.32 Å². The monoisotopic (exact) mass is 231 g/mol. The summed E-state index contributed by atoms with van der Waals surface area (Å²) in [6.07, 6.45) is 5.05. The molecule has 0 spiro atoms. The van der Waals surface area contributed by atoms with Crippen molar-refractivity contribution in [1.29, 1.82) is 0 Å². The van der Waals surface area contributed by atoms with Crippen LogP contribution < -0.4 is 5.32 Å². The molecule has 0 aliphatic carbocycles. The molecule has 16 heavy (non-hydrogen) atoms. The lowest BCUT2D eigenvalue weighted by molar-refractivity contribution is 0.0237. The minimum Gasteiger partial charge on any atom is -0.382 e. The summed E-state index contributed by atoms with van der Waals surface area (Å²) in [6.45, 7) is 4.73. The van der Waals surface area contributed by atoms with E-state index in [1.165, 1.54) is 25.8 Å². The zero-order chi connectivity index (χ0) is 11.5. The standard InChI is InChI=1S/C12H25NO3/c1-14-8-9-16-11-10-15-7-3-5-12-4-2-6-13-12/h12-13H,2-11H2,1H3. The lowest BCUT2D eigenvalue weighted by atomic mass is 10.1. The van der Waals surface area contributed by atoms with Crippen LogP contribution in [0.2, 0.25) is 0 Å². The third-order valence-corrected chi connectivity index (χ3v) is 2.81. The summed E-state index contributed by atoms with van der Waals surface area (Å²) in [6, 6.07) is 0.738. The molecule has 4 nitrogen and oxygen atoms in total. The van der Waals surface area contributed by atoms with Crippen molar-refractivity contribution in [1.82, 2.24) is 5.32 Å². The summed E-state index contributed by atoms with van der Waals surface area (Å²) in [4.78, 5) is 0. The van der Waals surface area contributed by atoms with Crippen LogP contribution in [0, 0.1) is 0 Å². The fraction of sp³-hybridized carbons (Fsp3) is 1.00. The SMILES string of the molecule is COCCOCCOCCCC1CCCN1. The second-order valence-corrected chi connectivity index (χ2v) is 4.15. The van der Waals surface area contributed by atoms with Crippen LogP contribution in [-0.4, -0.2) is 52.7 Å². The highest BCUT2D eigenvalue weighted by Gasteiger charge is 2.12. The molecule has 0 aromatic rings. The van der Waals surface area contributed by atoms with E-state index in [0.29, 0.717) is 26.4 Å². The minimum atomic E-state index is 0.659. The van der Waals surface area contributed by atoms with Gasteiger partial charge in [0, 0.05) is 19.8 Å². The molecule has 0 aromatic heterocycles. The van der Waals surface area contributed by atoms with E-state index in [4.69, 9.17) is 14.2 Å². The third kappa shape index (κ3) is 7.17. The molecular weight excluding hydrogens is 206 g/mol. The maximum absolute atomic E-state index is 5.48. The Morgan fingerprint density at radius 1 is 1.06 bits per heavy atom. The van der Waals surface area contributed by atoms with E-state index in [0.717, 1.165) is 19.1 Å². The van der Waals surface area contributed by atoms with Gasteiger partial charge in [0.05, 0.1) is 26.4 Å². The largest absolute Gasteiger partial charge is 0.382 e. The van der Waals surface area contributed by atoms with Crippen LogP contribution in [-0.2, 0) is 14.2 Å². The lowest BCUT2D eigenvalue weighted by Gasteiger charge is -2.09. The molecule has 1 aliphatic rings. The van der Waals surface area contributed by atoms with Crippen LogP contribution in [0.25, 0.3) is 0 Å². The summed E-state index contributed by atoms with van der Waals surface area (Å²) < 4.78 is 15.6. The van der Waals surface area contributed by atoms with Gasteiger partial charge in [-0.15, -0.1) is 0 Å². The summed E-state index contributed by atoms with van der Waals surface area (Å²) in [7, 11) is 1.68. The Hall–Kier alpha value is -0.160. The molecule has 1 saturated heterocycles. The van der Waals surface area contributed by atoms with Gasteiger partial charge in [-0.2, -0.15) is 0 Å². The third-order valence-electron chi connectivity index (χ3n) is 2.81. The van der Waals surface area contributed by atoms with Gasteiger partial charge in [0.25, 0.3) is 0 Å². The molecule has 4 heteroatoms. The summed E-state index contributed by atoms with van der Waals surface area (Å²) >= 11 is 0. The van der Waals surface area contributed by atoms with Gasteiger partial charge < -0.3 is 19.5 Å². The molecule has 0 aromatic carbocycles. The molecule has 0 amide bonds. The quantitative estimate of drug-likeness (QED) is 0.573. The van der Waals surface area contributed by atoms with Crippen LogP contribution in [0.4, 0.5) is 0 Å². The highest BCUT2D eigenvalue weighted by atomic mass is 16.5. The van der Waals surface area contributed by atoms with Crippen LogP contribution in [0.3, 0.4) is 0 Å². The van der Waals surface area contributed by atoms with Crippen LogP contribution >= 0.6 is 0 Å².